The van der Waals surface area contributed by atoms with Crippen LogP contribution in [0.4, 0.5) is 0 Å². The third-order valence-corrected chi connectivity index (χ3v) is 2.87. The zero-order valence-electron chi connectivity index (χ0n) is 9.19. The Morgan fingerprint density at radius 1 is 1.53 bits per heavy atom. The van der Waals surface area contributed by atoms with Gasteiger partial charge in [0.15, 0.2) is 0 Å². The van der Waals surface area contributed by atoms with Gasteiger partial charge in [-0.05, 0) is 26.2 Å². The van der Waals surface area contributed by atoms with Gasteiger partial charge in [0.25, 0.3) is 0 Å². The predicted molar refractivity (Wildman–Crippen MR) is 54.1 cm³/mol. The smallest absolute Gasteiger partial charge is 0.248 e. The zero-order chi connectivity index (χ0) is 10.9. The second-order valence-corrected chi connectivity index (χ2v) is 4.14. The summed E-state index contributed by atoms with van der Waals surface area (Å²) >= 11 is 0. The highest BCUT2D eigenvalue weighted by atomic mass is 16.5. The lowest BCUT2D eigenvalue weighted by Gasteiger charge is -2.17. The van der Waals surface area contributed by atoms with E-state index in [2.05, 4.69) is 10.2 Å². The summed E-state index contributed by atoms with van der Waals surface area (Å²) in [6.07, 6.45) is 2.75. The molecule has 0 aliphatic carbocycles. The lowest BCUT2D eigenvalue weighted by molar-refractivity contribution is -0.00638. The van der Waals surface area contributed by atoms with Gasteiger partial charge in [-0.1, -0.05) is 6.92 Å². The molecule has 15 heavy (non-hydrogen) atoms. The minimum Gasteiger partial charge on any atom is -0.420 e. The van der Waals surface area contributed by atoms with Crippen LogP contribution in [-0.2, 0) is 10.3 Å². The molecular formula is C10H17N3O2. The molecule has 2 atom stereocenters. The summed E-state index contributed by atoms with van der Waals surface area (Å²) in [6, 6.07) is -0.170. The lowest BCUT2D eigenvalue weighted by atomic mass is 10.0. The van der Waals surface area contributed by atoms with Crippen molar-refractivity contribution in [1.29, 1.82) is 0 Å². The Balaban J connectivity index is 2.19. The van der Waals surface area contributed by atoms with Crippen LogP contribution >= 0.6 is 0 Å². The van der Waals surface area contributed by atoms with Gasteiger partial charge in [-0.2, -0.15) is 0 Å². The molecule has 2 unspecified atom stereocenters. The van der Waals surface area contributed by atoms with Crippen LogP contribution in [0.5, 0.6) is 0 Å². The van der Waals surface area contributed by atoms with Crippen LogP contribution in [0.3, 0.4) is 0 Å². The van der Waals surface area contributed by atoms with Crippen molar-refractivity contribution in [1.82, 2.24) is 10.2 Å². The Labute approximate surface area is 89.0 Å². The van der Waals surface area contributed by atoms with Crippen molar-refractivity contribution in [3.63, 3.8) is 0 Å². The fourth-order valence-electron chi connectivity index (χ4n) is 1.72. The number of ether oxygens (including phenoxy) is 1. The maximum atomic E-state index is 5.81. The van der Waals surface area contributed by atoms with Gasteiger partial charge in [0.1, 0.15) is 5.60 Å². The van der Waals surface area contributed by atoms with Crippen LogP contribution < -0.4 is 5.73 Å². The van der Waals surface area contributed by atoms with Gasteiger partial charge >= 0.3 is 0 Å². The Morgan fingerprint density at radius 2 is 2.33 bits per heavy atom. The second kappa shape index (κ2) is 3.90. The minimum atomic E-state index is -0.404. The van der Waals surface area contributed by atoms with Crippen molar-refractivity contribution in [3.05, 3.63) is 11.8 Å². The molecule has 0 amide bonds. The summed E-state index contributed by atoms with van der Waals surface area (Å²) in [6.45, 7) is 4.73. The third kappa shape index (κ3) is 1.89. The summed E-state index contributed by atoms with van der Waals surface area (Å²) in [5.74, 6) is 1.06. The van der Waals surface area contributed by atoms with E-state index in [-0.39, 0.29) is 6.04 Å². The van der Waals surface area contributed by atoms with Gasteiger partial charge in [-0.25, -0.2) is 0 Å². The van der Waals surface area contributed by atoms with Gasteiger partial charge in [0.05, 0.1) is 6.04 Å². The van der Waals surface area contributed by atoms with E-state index in [1.165, 1.54) is 0 Å². The summed E-state index contributed by atoms with van der Waals surface area (Å²) in [4.78, 5) is 0. The molecule has 0 bridgehead atoms. The predicted octanol–water partition coefficient (Wildman–Crippen LogP) is 1.51. The maximum absolute atomic E-state index is 5.81. The molecule has 1 fully saturated rings. The first-order valence-electron chi connectivity index (χ1n) is 5.39. The van der Waals surface area contributed by atoms with Crippen molar-refractivity contribution < 1.29 is 9.15 Å². The summed E-state index contributed by atoms with van der Waals surface area (Å²) in [5.41, 5.74) is 5.41. The molecule has 1 aliphatic heterocycles. The highest BCUT2D eigenvalue weighted by Crippen LogP contribution is 2.35. The first-order valence-corrected chi connectivity index (χ1v) is 5.39. The number of rotatable bonds is 3. The molecule has 5 nitrogen and oxygen atoms in total. The number of hydrogen-bond acceptors (Lipinski definition) is 5. The first kappa shape index (κ1) is 10.6. The Kier molecular flexibility index (Phi) is 2.75. The van der Waals surface area contributed by atoms with Gasteiger partial charge < -0.3 is 14.9 Å². The van der Waals surface area contributed by atoms with Gasteiger partial charge in [-0.3, -0.25) is 0 Å². The fraction of sp³-hybridized carbons (Fsp3) is 0.800. The Hall–Kier alpha value is -0.940. The van der Waals surface area contributed by atoms with E-state index in [1.54, 1.807) is 0 Å². The average molecular weight is 211 g/mol. The van der Waals surface area contributed by atoms with E-state index in [0.29, 0.717) is 11.8 Å². The van der Waals surface area contributed by atoms with E-state index in [4.69, 9.17) is 14.9 Å². The van der Waals surface area contributed by atoms with Crippen molar-refractivity contribution in [2.45, 2.75) is 44.8 Å². The monoisotopic (exact) mass is 211 g/mol. The molecule has 84 valence electrons. The summed E-state index contributed by atoms with van der Waals surface area (Å²) in [5, 5.41) is 7.97. The van der Waals surface area contributed by atoms with E-state index >= 15 is 0 Å². The molecule has 0 saturated carbocycles. The van der Waals surface area contributed by atoms with Crippen LogP contribution in [0.2, 0.25) is 0 Å². The average Bonchev–Trinajstić information content (AvgIpc) is 2.85. The molecule has 0 radical (unpaired) electrons. The molecule has 5 heteroatoms. The van der Waals surface area contributed by atoms with Crippen molar-refractivity contribution in [3.8, 4) is 0 Å². The van der Waals surface area contributed by atoms with E-state index < -0.39 is 5.60 Å². The molecule has 1 aromatic heterocycles. The topological polar surface area (TPSA) is 74.2 Å². The highest BCUT2D eigenvalue weighted by molar-refractivity contribution is 4.99. The lowest BCUT2D eigenvalue weighted by Crippen LogP contribution is -2.20. The van der Waals surface area contributed by atoms with E-state index in [1.807, 2.05) is 13.8 Å². The molecule has 0 aromatic carbocycles. The molecule has 0 spiro atoms. The van der Waals surface area contributed by atoms with E-state index in [0.717, 1.165) is 25.9 Å². The Morgan fingerprint density at radius 3 is 2.93 bits per heavy atom. The second-order valence-electron chi connectivity index (χ2n) is 4.14. The number of hydrogen-bond donors (Lipinski definition) is 1. The molecule has 2 heterocycles. The molecule has 1 saturated heterocycles. The van der Waals surface area contributed by atoms with Crippen molar-refractivity contribution >= 4 is 0 Å². The van der Waals surface area contributed by atoms with Crippen LogP contribution in [0.15, 0.2) is 4.42 Å². The number of nitrogens with two attached hydrogens (primary N) is 1. The van der Waals surface area contributed by atoms with Crippen LogP contribution in [0.25, 0.3) is 0 Å². The number of nitrogens with zero attached hydrogens (tertiary/aromatic N) is 2. The quantitative estimate of drug-likeness (QED) is 0.820. The first-order chi connectivity index (χ1) is 7.15. The maximum Gasteiger partial charge on any atom is 0.248 e. The van der Waals surface area contributed by atoms with Crippen LogP contribution in [0, 0.1) is 0 Å². The van der Waals surface area contributed by atoms with Crippen molar-refractivity contribution in [2.75, 3.05) is 6.61 Å². The Bertz CT molecular complexity index is 331. The highest BCUT2D eigenvalue weighted by Gasteiger charge is 2.37. The van der Waals surface area contributed by atoms with Crippen LogP contribution in [-0.4, -0.2) is 16.8 Å². The summed E-state index contributed by atoms with van der Waals surface area (Å²) in [7, 11) is 0. The van der Waals surface area contributed by atoms with Gasteiger partial charge in [0, 0.05) is 6.61 Å². The standard InChI is InChI=1S/C10H17N3O2/c1-3-7(11)8-12-13-9(15-8)10(2)5-4-6-14-10/h7H,3-6,11H2,1-2H3. The largest absolute Gasteiger partial charge is 0.420 e. The van der Waals surface area contributed by atoms with E-state index in [9.17, 15) is 0 Å². The zero-order valence-corrected chi connectivity index (χ0v) is 9.19. The SMILES string of the molecule is CCC(N)c1nnc(C2(C)CCCO2)o1. The minimum absolute atomic E-state index is 0.170. The van der Waals surface area contributed by atoms with Crippen molar-refractivity contribution in [2.24, 2.45) is 5.73 Å². The van der Waals surface area contributed by atoms with Gasteiger partial charge in [-0.15, -0.1) is 10.2 Å². The molecule has 2 N–H and O–H groups in total. The normalized spacial score (nSPS) is 28.2. The molecule has 1 aliphatic rings. The summed E-state index contributed by atoms with van der Waals surface area (Å²) < 4.78 is 11.2. The molecule has 2 rings (SSSR count). The van der Waals surface area contributed by atoms with Gasteiger partial charge in [0.2, 0.25) is 11.8 Å². The third-order valence-electron chi connectivity index (χ3n) is 2.87. The molecule has 1 aromatic rings. The van der Waals surface area contributed by atoms with Crippen LogP contribution in [0.1, 0.15) is 50.9 Å². The molecular weight excluding hydrogens is 194 g/mol. The fourth-order valence-corrected chi connectivity index (χ4v) is 1.72. The number of aromatic nitrogens is 2.